The molecule has 0 radical (unpaired) electrons. The number of hydrogen-bond donors (Lipinski definition) is 3. The SMILES string of the molecule is C[C@@H](NCc1ccc(C(C)(C)O)c(O)c1)c1cccc2ccccc12. The molecule has 0 aliphatic heterocycles. The van der Waals surface area contributed by atoms with Crippen LogP contribution in [0.5, 0.6) is 5.75 Å². The first-order chi connectivity index (χ1) is 11.9. The van der Waals surface area contributed by atoms with E-state index in [0.29, 0.717) is 12.1 Å². The first-order valence-electron chi connectivity index (χ1n) is 8.62. The maximum Gasteiger partial charge on any atom is 0.121 e. The first-order valence-corrected chi connectivity index (χ1v) is 8.62. The van der Waals surface area contributed by atoms with Crippen LogP contribution in [-0.2, 0) is 12.1 Å². The third kappa shape index (κ3) is 3.84. The van der Waals surface area contributed by atoms with Gasteiger partial charge in [0.2, 0.25) is 0 Å². The number of phenolic OH excluding ortho intramolecular Hbond substituents is 1. The fraction of sp³-hybridized carbons (Fsp3) is 0.273. The van der Waals surface area contributed by atoms with Gasteiger partial charge in [0.25, 0.3) is 0 Å². The van der Waals surface area contributed by atoms with Crippen molar-refractivity contribution >= 4 is 10.8 Å². The van der Waals surface area contributed by atoms with Crippen LogP contribution in [0.1, 0.15) is 43.5 Å². The van der Waals surface area contributed by atoms with Gasteiger partial charge in [-0.2, -0.15) is 0 Å². The summed E-state index contributed by atoms with van der Waals surface area (Å²) in [6.07, 6.45) is 0. The molecular formula is C22H25NO2. The van der Waals surface area contributed by atoms with E-state index in [4.69, 9.17) is 0 Å². The Balaban J connectivity index is 1.76. The number of benzene rings is 3. The van der Waals surface area contributed by atoms with Gasteiger partial charge in [-0.05, 0) is 48.7 Å². The molecule has 0 fully saturated rings. The van der Waals surface area contributed by atoms with Gasteiger partial charge < -0.3 is 15.5 Å². The molecular weight excluding hydrogens is 310 g/mol. The zero-order valence-electron chi connectivity index (χ0n) is 15.0. The summed E-state index contributed by atoms with van der Waals surface area (Å²) in [6, 6.07) is 20.4. The molecule has 0 aromatic heterocycles. The van der Waals surface area contributed by atoms with Crippen molar-refractivity contribution in [2.24, 2.45) is 0 Å². The van der Waals surface area contributed by atoms with Gasteiger partial charge in [0.05, 0.1) is 5.60 Å². The van der Waals surface area contributed by atoms with Crippen molar-refractivity contribution in [1.82, 2.24) is 5.32 Å². The molecule has 3 aromatic rings. The van der Waals surface area contributed by atoms with Gasteiger partial charge >= 0.3 is 0 Å². The summed E-state index contributed by atoms with van der Waals surface area (Å²) in [5.41, 5.74) is 1.73. The fourth-order valence-corrected chi connectivity index (χ4v) is 3.21. The lowest BCUT2D eigenvalue weighted by Crippen LogP contribution is -2.19. The van der Waals surface area contributed by atoms with Crippen LogP contribution < -0.4 is 5.32 Å². The Labute approximate surface area is 148 Å². The molecule has 0 spiro atoms. The fourth-order valence-electron chi connectivity index (χ4n) is 3.21. The molecule has 0 aliphatic rings. The van der Waals surface area contributed by atoms with Crippen molar-refractivity contribution in [3.8, 4) is 5.75 Å². The van der Waals surface area contributed by atoms with Crippen molar-refractivity contribution in [1.29, 1.82) is 0 Å². The maximum absolute atomic E-state index is 10.2. The molecule has 130 valence electrons. The summed E-state index contributed by atoms with van der Waals surface area (Å²) in [6.45, 7) is 6.13. The van der Waals surface area contributed by atoms with Crippen molar-refractivity contribution in [3.05, 3.63) is 77.4 Å². The molecule has 0 unspecified atom stereocenters. The van der Waals surface area contributed by atoms with E-state index in [1.807, 2.05) is 6.07 Å². The number of rotatable bonds is 5. The lowest BCUT2D eigenvalue weighted by molar-refractivity contribution is 0.0758. The van der Waals surface area contributed by atoms with Crippen LogP contribution >= 0.6 is 0 Å². The smallest absolute Gasteiger partial charge is 0.121 e. The van der Waals surface area contributed by atoms with E-state index >= 15 is 0 Å². The monoisotopic (exact) mass is 335 g/mol. The molecule has 0 saturated heterocycles. The van der Waals surface area contributed by atoms with E-state index in [0.717, 1.165) is 5.56 Å². The number of aromatic hydroxyl groups is 1. The molecule has 25 heavy (non-hydrogen) atoms. The largest absolute Gasteiger partial charge is 0.508 e. The Bertz CT molecular complexity index is 875. The second-order valence-electron chi connectivity index (χ2n) is 7.08. The minimum absolute atomic E-state index is 0.129. The topological polar surface area (TPSA) is 52.5 Å². The number of hydrogen-bond acceptors (Lipinski definition) is 3. The van der Waals surface area contributed by atoms with Gasteiger partial charge in [-0.3, -0.25) is 0 Å². The van der Waals surface area contributed by atoms with Crippen LogP contribution in [0.25, 0.3) is 10.8 Å². The molecule has 0 heterocycles. The quantitative estimate of drug-likeness (QED) is 0.637. The molecule has 3 nitrogen and oxygen atoms in total. The maximum atomic E-state index is 10.2. The predicted molar refractivity (Wildman–Crippen MR) is 103 cm³/mol. The van der Waals surface area contributed by atoms with Crippen LogP contribution in [0, 0.1) is 0 Å². The Morgan fingerprint density at radius 2 is 1.72 bits per heavy atom. The lowest BCUT2D eigenvalue weighted by Gasteiger charge is -2.20. The number of fused-ring (bicyclic) bond motifs is 1. The highest BCUT2D eigenvalue weighted by Crippen LogP contribution is 2.30. The van der Waals surface area contributed by atoms with Gasteiger partial charge in [0.1, 0.15) is 5.75 Å². The predicted octanol–water partition coefficient (Wildman–Crippen LogP) is 4.62. The Hall–Kier alpha value is -2.36. The van der Waals surface area contributed by atoms with Gasteiger partial charge in [-0.1, -0.05) is 54.6 Å². The molecule has 3 N–H and O–H groups in total. The summed E-state index contributed by atoms with van der Waals surface area (Å²) in [7, 11) is 0. The summed E-state index contributed by atoms with van der Waals surface area (Å²) in [5, 5.41) is 26.2. The minimum Gasteiger partial charge on any atom is -0.508 e. The van der Waals surface area contributed by atoms with Crippen LogP contribution in [0.4, 0.5) is 0 Å². The molecule has 0 saturated carbocycles. The highest BCUT2D eigenvalue weighted by atomic mass is 16.3. The summed E-state index contributed by atoms with van der Waals surface area (Å²) >= 11 is 0. The lowest BCUT2D eigenvalue weighted by atomic mass is 9.96. The number of nitrogens with one attached hydrogen (secondary N) is 1. The molecule has 3 rings (SSSR count). The Morgan fingerprint density at radius 1 is 1.00 bits per heavy atom. The van der Waals surface area contributed by atoms with Crippen molar-refractivity contribution in [2.75, 3.05) is 0 Å². The van der Waals surface area contributed by atoms with Crippen LogP contribution in [0.2, 0.25) is 0 Å². The zero-order chi connectivity index (χ0) is 18.0. The van der Waals surface area contributed by atoms with Gasteiger partial charge in [0.15, 0.2) is 0 Å². The number of phenols is 1. The zero-order valence-corrected chi connectivity index (χ0v) is 15.0. The number of aliphatic hydroxyl groups is 1. The van der Waals surface area contributed by atoms with E-state index in [9.17, 15) is 10.2 Å². The minimum atomic E-state index is -1.05. The molecule has 0 amide bonds. The summed E-state index contributed by atoms with van der Waals surface area (Å²) in [5.74, 6) is 0.129. The van der Waals surface area contributed by atoms with E-state index < -0.39 is 5.60 Å². The van der Waals surface area contributed by atoms with Gasteiger partial charge in [0, 0.05) is 18.2 Å². The molecule has 0 aliphatic carbocycles. The average Bonchev–Trinajstić information content (AvgIpc) is 2.58. The van der Waals surface area contributed by atoms with E-state index in [2.05, 4.69) is 54.7 Å². The second kappa shape index (κ2) is 6.87. The van der Waals surface area contributed by atoms with Crippen molar-refractivity contribution in [2.45, 2.75) is 39.0 Å². The third-order valence-electron chi connectivity index (χ3n) is 4.62. The molecule has 1 atom stereocenters. The Morgan fingerprint density at radius 3 is 2.44 bits per heavy atom. The molecule has 3 aromatic carbocycles. The van der Waals surface area contributed by atoms with E-state index in [1.165, 1.54) is 16.3 Å². The van der Waals surface area contributed by atoms with Gasteiger partial charge in [-0.15, -0.1) is 0 Å². The standard InChI is InChI=1S/C22H25NO2/c1-15(18-10-6-8-17-7-4-5-9-19(17)18)23-14-16-11-12-20(21(24)13-16)22(2,3)25/h4-13,15,23-25H,14H2,1-3H3/t15-/m1/s1. The van der Waals surface area contributed by atoms with Crippen molar-refractivity contribution < 1.29 is 10.2 Å². The van der Waals surface area contributed by atoms with E-state index in [-0.39, 0.29) is 11.8 Å². The highest BCUT2D eigenvalue weighted by molar-refractivity contribution is 5.86. The van der Waals surface area contributed by atoms with Crippen LogP contribution in [0.15, 0.2) is 60.7 Å². The van der Waals surface area contributed by atoms with Crippen LogP contribution in [-0.4, -0.2) is 10.2 Å². The molecule has 0 bridgehead atoms. The Kier molecular flexibility index (Phi) is 4.80. The second-order valence-corrected chi connectivity index (χ2v) is 7.08. The summed E-state index contributed by atoms with van der Waals surface area (Å²) < 4.78 is 0. The van der Waals surface area contributed by atoms with Gasteiger partial charge in [-0.25, -0.2) is 0 Å². The molecule has 3 heteroatoms. The van der Waals surface area contributed by atoms with Crippen molar-refractivity contribution in [3.63, 3.8) is 0 Å². The average molecular weight is 335 g/mol. The van der Waals surface area contributed by atoms with Crippen LogP contribution in [0.3, 0.4) is 0 Å². The third-order valence-corrected chi connectivity index (χ3v) is 4.62. The van der Waals surface area contributed by atoms with E-state index in [1.54, 1.807) is 26.0 Å². The first kappa shape index (κ1) is 17.5. The normalized spacial score (nSPS) is 13.1. The highest BCUT2D eigenvalue weighted by Gasteiger charge is 2.20. The summed E-state index contributed by atoms with van der Waals surface area (Å²) in [4.78, 5) is 0.